The van der Waals surface area contributed by atoms with Crippen LogP contribution in [-0.4, -0.2) is 92.8 Å². The monoisotopic (exact) mass is 646 g/mol. The van der Waals surface area contributed by atoms with Gasteiger partial charge in [-0.1, -0.05) is 32.9 Å². The summed E-state index contributed by atoms with van der Waals surface area (Å²) in [6.45, 7) is 10.8. The average Bonchev–Trinajstić information content (AvgIpc) is 3.62. The lowest BCUT2D eigenvalue weighted by Gasteiger charge is -2.36. The predicted molar refractivity (Wildman–Crippen MR) is 182 cm³/mol. The molecule has 0 bridgehead atoms. The van der Waals surface area contributed by atoms with Crippen LogP contribution in [0, 0.1) is 5.41 Å². The number of benzene rings is 2. The number of carbonyl (C=O) groups is 3. The normalized spacial score (nSPS) is 18.0. The van der Waals surface area contributed by atoms with Crippen LogP contribution in [0.5, 0.6) is 5.75 Å². The molecule has 252 valence electrons. The molecular formula is C34H46N8O5. The highest BCUT2D eigenvalue weighted by atomic mass is 16.5. The van der Waals surface area contributed by atoms with E-state index >= 15 is 0 Å². The van der Waals surface area contributed by atoms with Crippen LogP contribution in [0.3, 0.4) is 0 Å². The van der Waals surface area contributed by atoms with Crippen molar-refractivity contribution in [2.45, 2.75) is 58.7 Å². The van der Waals surface area contributed by atoms with Gasteiger partial charge in [-0.25, -0.2) is 14.9 Å². The Morgan fingerprint density at radius 3 is 2.53 bits per heavy atom. The number of ether oxygens (including phenoxy) is 2. The molecule has 0 spiro atoms. The van der Waals surface area contributed by atoms with Crippen molar-refractivity contribution in [1.29, 1.82) is 0 Å². The van der Waals surface area contributed by atoms with Crippen molar-refractivity contribution in [2.24, 2.45) is 5.41 Å². The number of carbonyl (C=O) groups excluding carboxylic acids is 3. The Labute approximate surface area is 275 Å². The number of likely N-dealkylation sites (N-methyl/N-ethyl adjacent to an activating group) is 1. The van der Waals surface area contributed by atoms with Crippen molar-refractivity contribution < 1.29 is 23.9 Å². The van der Waals surface area contributed by atoms with Gasteiger partial charge in [0.15, 0.2) is 0 Å². The van der Waals surface area contributed by atoms with Crippen molar-refractivity contribution in [2.75, 3.05) is 62.1 Å². The number of hydrogen-bond acceptors (Lipinski definition) is 11. The molecule has 3 atom stereocenters. The third kappa shape index (κ3) is 7.47. The zero-order valence-electron chi connectivity index (χ0n) is 28.1. The number of methoxy groups -OCH3 is 1. The number of rotatable bonds is 10. The number of aromatic nitrogens is 2. The molecule has 0 unspecified atom stereocenters. The summed E-state index contributed by atoms with van der Waals surface area (Å²) in [4.78, 5) is 54.5. The summed E-state index contributed by atoms with van der Waals surface area (Å²) in [5.74, 6) is -0.537. The zero-order valence-corrected chi connectivity index (χ0v) is 28.1. The van der Waals surface area contributed by atoms with Gasteiger partial charge in [-0.3, -0.25) is 14.4 Å². The molecule has 0 saturated carbocycles. The molecule has 0 aliphatic carbocycles. The molecule has 2 saturated heterocycles. The van der Waals surface area contributed by atoms with E-state index < -0.39 is 35.4 Å². The molecule has 5 rings (SSSR count). The number of para-hydroxylation sites is 2. The number of imide groups is 1. The molecule has 2 aliphatic rings. The Morgan fingerprint density at radius 1 is 1.13 bits per heavy atom. The smallest absolute Gasteiger partial charge is 0.257 e. The second-order valence-corrected chi connectivity index (χ2v) is 13.0. The number of nitrogens with one attached hydrogen (secondary N) is 4. The second kappa shape index (κ2) is 14.6. The third-order valence-electron chi connectivity index (χ3n) is 8.71. The van der Waals surface area contributed by atoms with E-state index in [1.807, 2.05) is 39.0 Å². The van der Waals surface area contributed by atoms with E-state index in [2.05, 4.69) is 42.2 Å². The molecule has 3 amide bonds. The van der Waals surface area contributed by atoms with Crippen LogP contribution in [-0.2, 0) is 19.1 Å². The largest absolute Gasteiger partial charge is 0.494 e. The number of fused-ring (bicyclic) bond motifs is 1. The fourth-order valence-electron chi connectivity index (χ4n) is 5.87. The van der Waals surface area contributed by atoms with Gasteiger partial charge >= 0.3 is 0 Å². The van der Waals surface area contributed by atoms with E-state index in [-0.39, 0.29) is 17.3 Å². The van der Waals surface area contributed by atoms with E-state index in [1.54, 1.807) is 26.1 Å². The molecule has 2 aromatic carbocycles. The Hall–Kier alpha value is -4.33. The van der Waals surface area contributed by atoms with E-state index in [0.29, 0.717) is 42.9 Å². The molecule has 1 aromatic heterocycles. The van der Waals surface area contributed by atoms with Gasteiger partial charge in [0, 0.05) is 24.5 Å². The summed E-state index contributed by atoms with van der Waals surface area (Å²) in [6.07, 6.45) is 2.85. The Kier molecular flexibility index (Phi) is 10.6. The molecule has 2 aliphatic heterocycles. The van der Waals surface area contributed by atoms with E-state index in [4.69, 9.17) is 9.47 Å². The summed E-state index contributed by atoms with van der Waals surface area (Å²) in [6, 6.07) is 9.25. The second-order valence-electron chi connectivity index (χ2n) is 13.0. The summed E-state index contributed by atoms with van der Waals surface area (Å²) >= 11 is 0. The van der Waals surface area contributed by atoms with Gasteiger partial charge in [0.1, 0.15) is 23.9 Å². The first kappa shape index (κ1) is 34.0. The maximum atomic E-state index is 14.7. The van der Waals surface area contributed by atoms with Gasteiger partial charge in [-0.15, -0.1) is 0 Å². The number of hydrogen-bond donors (Lipinski definition) is 4. The molecule has 3 heterocycles. The summed E-state index contributed by atoms with van der Waals surface area (Å²) in [5, 5.41) is 13.1. The van der Waals surface area contributed by atoms with Crippen LogP contribution in [0.2, 0.25) is 0 Å². The maximum absolute atomic E-state index is 14.7. The van der Waals surface area contributed by atoms with Gasteiger partial charge in [0.2, 0.25) is 5.91 Å². The first-order chi connectivity index (χ1) is 22.5. The van der Waals surface area contributed by atoms with Crippen LogP contribution in [0.15, 0.2) is 42.7 Å². The fraction of sp³-hybridized carbons (Fsp3) is 0.500. The van der Waals surface area contributed by atoms with Crippen LogP contribution in [0.1, 0.15) is 40.5 Å². The lowest BCUT2D eigenvalue weighted by atomic mass is 9.85. The summed E-state index contributed by atoms with van der Waals surface area (Å²) < 4.78 is 11.4. The van der Waals surface area contributed by atoms with Crippen LogP contribution in [0.4, 0.5) is 22.9 Å². The zero-order chi connectivity index (χ0) is 33.7. The fourth-order valence-corrected chi connectivity index (χ4v) is 5.87. The van der Waals surface area contributed by atoms with E-state index in [0.717, 1.165) is 30.9 Å². The number of amides is 3. The van der Waals surface area contributed by atoms with Crippen molar-refractivity contribution in [3.05, 3.63) is 42.7 Å². The van der Waals surface area contributed by atoms with Crippen LogP contribution >= 0.6 is 0 Å². The summed E-state index contributed by atoms with van der Waals surface area (Å²) in [5.41, 5.74) is 1.93. The molecule has 13 nitrogen and oxygen atoms in total. The quantitative estimate of drug-likeness (QED) is 0.258. The van der Waals surface area contributed by atoms with Gasteiger partial charge < -0.3 is 35.6 Å². The van der Waals surface area contributed by atoms with E-state index in [9.17, 15) is 14.4 Å². The van der Waals surface area contributed by atoms with Crippen molar-refractivity contribution in [1.82, 2.24) is 25.9 Å². The highest BCUT2D eigenvalue weighted by Crippen LogP contribution is 2.38. The predicted octanol–water partition coefficient (Wildman–Crippen LogP) is 2.97. The third-order valence-corrected chi connectivity index (χ3v) is 8.71. The van der Waals surface area contributed by atoms with Crippen LogP contribution < -0.4 is 35.8 Å². The molecule has 2 fully saturated rings. The maximum Gasteiger partial charge on any atom is 0.257 e. The van der Waals surface area contributed by atoms with Gasteiger partial charge in [0.25, 0.3) is 11.8 Å². The highest BCUT2D eigenvalue weighted by molar-refractivity contribution is 6.20. The minimum atomic E-state index is -1.03. The SMILES string of the molecule is CN[C@@H](C)C(=O)N[C@H](C(=O)N(C(=O)[C@@H]1CCCN1)c1cc2c(Nc3ccccc3N3CCOCC3)ncnc2cc1OC)C(C)(C)C. The molecular weight excluding hydrogens is 600 g/mol. The number of nitrogens with zero attached hydrogens (tertiary/aromatic N) is 4. The molecule has 4 N–H and O–H groups in total. The van der Waals surface area contributed by atoms with Gasteiger partial charge in [-0.2, -0.15) is 0 Å². The van der Waals surface area contributed by atoms with E-state index in [1.165, 1.54) is 18.3 Å². The Bertz CT molecular complexity index is 1600. The van der Waals surface area contributed by atoms with Gasteiger partial charge in [0.05, 0.1) is 55.0 Å². The lowest BCUT2D eigenvalue weighted by molar-refractivity contribution is -0.134. The minimum Gasteiger partial charge on any atom is -0.494 e. The first-order valence-corrected chi connectivity index (χ1v) is 16.1. The Balaban J connectivity index is 1.62. The van der Waals surface area contributed by atoms with Gasteiger partial charge in [-0.05, 0) is 57.0 Å². The highest BCUT2D eigenvalue weighted by Gasteiger charge is 2.42. The average molecular weight is 647 g/mol. The minimum absolute atomic E-state index is 0.244. The number of anilines is 4. The van der Waals surface area contributed by atoms with Crippen molar-refractivity contribution in [3.8, 4) is 5.75 Å². The van der Waals surface area contributed by atoms with Crippen LogP contribution in [0.25, 0.3) is 10.9 Å². The Morgan fingerprint density at radius 2 is 1.87 bits per heavy atom. The molecule has 47 heavy (non-hydrogen) atoms. The molecule has 13 heteroatoms. The first-order valence-electron chi connectivity index (χ1n) is 16.1. The van der Waals surface area contributed by atoms with Crippen molar-refractivity contribution in [3.63, 3.8) is 0 Å². The molecule has 3 aromatic rings. The molecule has 0 radical (unpaired) electrons. The standard InChI is InChI=1S/C34H46N8O5/c1-21(35-5)31(43)40-29(34(2,3)4)33(45)42(32(44)24-11-9-13-36-24)27-18-22-25(19-28(27)46-6)37-20-38-30(22)39-23-10-7-8-12-26(23)41-14-16-47-17-15-41/h7-8,10,12,18-21,24,29,35-36H,9,11,13-17H2,1-6H3,(H,40,43)(H,37,38,39)/t21-,24-,29+/m0/s1. The lowest BCUT2D eigenvalue weighted by Crippen LogP contribution is -2.60. The summed E-state index contributed by atoms with van der Waals surface area (Å²) in [7, 11) is 3.16. The van der Waals surface area contributed by atoms with Crippen molar-refractivity contribution >= 4 is 51.5 Å². The topological polar surface area (TPSA) is 150 Å². The number of morpholine rings is 1.